The first-order valence-corrected chi connectivity index (χ1v) is 11.0. The van der Waals surface area contributed by atoms with E-state index in [0.717, 1.165) is 10.9 Å². The fraction of sp³-hybridized carbons (Fsp3) is 0.273. The Morgan fingerprint density at radius 2 is 1.70 bits per heavy atom. The molecule has 158 valence electrons. The molecule has 0 saturated heterocycles. The summed E-state index contributed by atoms with van der Waals surface area (Å²) in [6.07, 6.45) is 1.69. The summed E-state index contributed by atoms with van der Waals surface area (Å²) in [4.78, 5) is 16.6. The average molecular weight is 428 g/mol. The fourth-order valence-electron chi connectivity index (χ4n) is 2.80. The lowest BCUT2D eigenvalue weighted by Crippen LogP contribution is -2.50. The van der Waals surface area contributed by atoms with Gasteiger partial charge in [-0.1, -0.05) is 18.2 Å². The molecular formula is C22H25N3O4S. The van der Waals surface area contributed by atoms with Gasteiger partial charge in [0.1, 0.15) is 11.3 Å². The van der Waals surface area contributed by atoms with E-state index in [1.807, 2.05) is 45.0 Å². The maximum Gasteiger partial charge on any atom is 0.241 e. The minimum Gasteiger partial charge on any atom is -0.455 e. The first kappa shape index (κ1) is 21.7. The number of benzene rings is 2. The minimum atomic E-state index is -3.86. The molecule has 1 unspecified atom stereocenters. The van der Waals surface area contributed by atoms with Gasteiger partial charge >= 0.3 is 0 Å². The molecule has 0 aliphatic heterocycles. The van der Waals surface area contributed by atoms with E-state index in [2.05, 4.69) is 15.0 Å². The number of hydrogen-bond donors (Lipinski definition) is 2. The van der Waals surface area contributed by atoms with Crippen molar-refractivity contribution in [3.8, 4) is 11.5 Å². The smallest absolute Gasteiger partial charge is 0.241 e. The first-order chi connectivity index (χ1) is 14.0. The van der Waals surface area contributed by atoms with Gasteiger partial charge in [0, 0.05) is 17.1 Å². The normalized spacial score (nSPS) is 13.1. The van der Waals surface area contributed by atoms with Crippen molar-refractivity contribution in [3.05, 3.63) is 60.8 Å². The topological polar surface area (TPSA) is 97.4 Å². The Hall–Kier alpha value is -2.97. The number of carbonyl (C=O) groups excluding carboxylic acids is 1. The second-order valence-corrected chi connectivity index (χ2v) is 9.70. The van der Waals surface area contributed by atoms with Crippen LogP contribution in [0.2, 0.25) is 0 Å². The molecule has 2 N–H and O–H groups in total. The number of para-hydroxylation sites is 1. The molecule has 1 aromatic heterocycles. The number of amides is 1. The van der Waals surface area contributed by atoms with Gasteiger partial charge in [-0.25, -0.2) is 8.42 Å². The van der Waals surface area contributed by atoms with Crippen molar-refractivity contribution in [1.82, 2.24) is 15.0 Å². The molecule has 8 heteroatoms. The van der Waals surface area contributed by atoms with E-state index in [9.17, 15) is 13.2 Å². The molecule has 3 aromatic rings. The molecule has 30 heavy (non-hydrogen) atoms. The number of nitrogens with one attached hydrogen (secondary N) is 2. The molecule has 0 saturated carbocycles. The van der Waals surface area contributed by atoms with Crippen molar-refractivity contribution in [2.24, 2.45) is 0 Å². The molecule has 0 aliphatic rings. The lowest BCUT2D eigenvalue weighted by Gasteiger charge is -2.23. The van der Waals surface area contributed by atoms with Crippen LogP contribution < -0.4 is 14.8 Å². The lowest BCUT2D eigenvalue weighted by molar-refractivity contribution is -0.123. The van der Waals surface area contributed by atoms with Crippen molar-refractivity contribution in [3.63, 3.8) is 0 Å². The Labute approximate surface area is 176 Å². The molecule has 0 aliphatic carbocycles. The van der Waals surface area contributed by atoms with Crippen molar-refractivity contribution < 1.29 is 17.9 Å². The maximum absolute atomic E-state index is 12.6. The molecule has 0 bridgehead atoms. The van der Waals surface area contributed by atoms with Gasteiger partial charge in [0.25, 0.3) is 0 Å². The highest BCUT2D eigenvalue weighted by atomic mass is 32.2. The molecule has 7 nitrogen and oxygen atoms in total. The van der Waals surface area contributed by atoms with Crippen LogP contribution in [-0.4, -0.2) is 30.9 Å². The highest BCUT2D eigenvalue weighted by Crippen LogP contribution is 2.28. The van der Waals surface area contributed by atoms with Crippen molar-refractivity contribution in [1.29, 1.82) is 0 Å². The van der Waals surface area contributed by atoms with Crippen LogP contribution in [0.1, 0.15) is 27.7 Å². The Morgan fingerprint density at radius 1 is 1.03 bits per heavy atom. The molecule has 0 fully saturated rings. The third-order valence-electron chi connectivity index (χ3n) is 4.18. The molecule has 2 aromatic carbocycles. The van der Waals surface area contributed by atoms with Crippen LogP contribution >= 0.6 is 0 Å². The summed E-state index contributed by atoms with van der Waals surface area (Å²) in [5, 5.41) is 3.70. The van der Waals surface area contributed by atoms with Crippen molar-refractivity contribution in [2.45, 2.75) is 44.2 Å². The van der Waals surface area contributed by atoms with Gasteiger partial charge in [0.15, 0.2) is 5.75 Å². The van der Waals surface area contributed by atoms with Gasteiger partial charge in [-0.15, -0.1) is 0 Å². The largest absolute Gasteiger partial charge is 0.455 e. The molecule has 0 spiro atoms. The van der Waals surface area contributed by atoms with Gasteiger partial charge in [-0.2, -0.15) is 4.72 Å². The number of hydrogen-bond acceptors (Lipinski definition) is 5. The zero-order chi connectivity index (χ0) is 21.9. The fourth-order valence-corrected chi connectivity index (χ4v) is 4.01. The summed E-state index contributed by atoms with van der Waals surface area (Å²) >= 11 is 0. The van der Waals surface area contributed by atoms with Crippen molar-refractivity contribution >= 4 is 26.8 Å². The van der Waals surface area contributed by atoms with E-state index in [0.29, 0.717) is 11.5 Å². The summed E-state index contributed by atoms with van der Waals surface area (Å²) in [6.45, 7) is 6.99. The van der Waals surface area contributed by atoms with Gasteiger partial charge in [0.05, 0.1) is 10.9 Å². The summed E-state index contributed by atoms with van der Waals surface area (Å²) in [5.74, 6) is 0.661. The average Bonchev–Trinajstić information content (AvgIpc) is 2.67. The SMILES string of the molecule is CC(NS(=O)(=O)c1ccc(Oc2cccc3cccnc23)cc1)C(=O)NC(C)(C)C. The zero-order valence-corrected chi connectivity index (χ0v) is 18.2. The predicted molar refractivity (Wildman–Crippen MR) is 116 cm³/mol. The van der Waals surface area contributed by atoms with Crippen LogP contribution in [0, 0.1) is 0 Å². The number of fused-ring (bicyclic) bond motifs is 1. The molecule has 0 radical (unpaired) electrons. The van der Waals surface area contributed by atoms with E-state index in [1.165, 1.54) is 19.1 Å². The van der Waals surface area contributed by atoms with Crippen LogP contribution in [0.5, 0.6) is 11.5 Å². The standard InChI is InChI=1S/C22H25N3O4S/c1-15(21(26)24-22(2,3)4)25-30(27,28)18-12-10-17(11-13-18)29-19-9-5-7-16-8-6-14-23-20(16)19/h5-15,25H,1-4H3,(H,24,26). The van der Waals surface area contributed by atoms with Gasteiger partial charge in [-0.05, 0) is 64.1 Å². The quantitative estimate of drug-likeness (QED) is 0.626. The van der Waals surface area contributed by atoms with Gasteiger partial charge < -0.3 is 10.1 Å². The number of ether oxygens (including phenoxy) is 1. The number of aromatic nitrogens is 1. The summed E-state index contributed by atoms with van der Waals surface area (Å²) in [7, 11) is -3.86. The van der Waals surface area contributed by atoms with E-state index in [-0.39, 0.29) is 4.90 Å². The monoisotopic (exact) mass is 427 g/mol. The Morgan fingerprint density at radius 3 is 2.37 bits per heavy atom. The number of carbonyl (C=O) groups is 1. The molecule has 1 atom stereocenters. The Balaban J connectivity index is 1.73. The summed E-state index contributed by atoms with van der Waals surface area (Å²) < 4.78 is 33.5. The third-order valence-corrected chi connectivity index (χ3v) is 5.74. The van der Waals surface area contributed by atoms with Crippen LogP contribution in [0.15, 0.2) is 65.7 Å². The van der Waals surface area contributed by atoms with E-state index < -0.39 is 27.5 Å². The predicted octanol–water partition coefficient (Wildman–Crippen LogP) is 3.61. The Bertz CT molecular complexity index is 1150. The van der Waals surface area contributed by atoms with E-state index >= 15 is 0 Å². The highest BCUT2D eigenvalue weighted by molar-refractivity contribution is 7.89. The number of rotatable bonds is 6. The number of pyridine rings is 1. The van der Waals surface area contributed by atoms with E-state index in [1.54, 1.807) is 24.4 Å². The summed E-state index contributed by atoms with van der Waals surface area (Å²) in [5.41, 5.74) is 0.267. The van der Waals surface area contributed by atoms with Crippen LogP contribution in [-0.2, 0) is 14.8 Å². The molecule has 1 heterocycles. The second-order valence-electron chi connectivity index (χ2n) is 7.99. The van der Waals surface area contributed by atoms with Crippen LogP contribution in [0.25, 0.3) is 10.9 Å². The number of sulfonamides is 1. The second kappa shape index (κ2) is 8.41. The third kappa shape index (κ3) is 5.34. The van der Waals surface area contributed by atoms with E-state index in [4.69, 9.17) is 4.74 Å². The Kier molecular flexibility index (Phi) is 6.09. The maximum atomic E-state index is 12.6. The highest BCUT2D eigenvalue weighted by Gasteiger charge is 2.24. The number of nitrogens with zero attached hydrogens (tertiary/aromatic N) is 1. The molecule has 3 rings (SSSR count). The van der Waals surface area contributed by atoms with Crippen molar-refractivity contribution in [2.75, 3.05) is 0 Å². The van der Waals surface area contributed by atoms with Gasteiger partial charge in [0.2, 0.25) is 15.9 Å². The summed E-state index contributed by atoms with van der Waals surface area (Å²) in [6, 6.07) is 14.5. The first-order valence-electron chi connectivity index (χ1n) is 9.51. The lowest BCUT2D eigenvalue weighted by atomic mass is 10.1. The van der Waals surface area contributed by atoms with Crippen LogP contribution in [0.4, 0.5) is 0 Å². The molecule has 1 amide bonds. The van der Waals surface area contributed by atoms with Crippen LogP contribution in [0.3, 0.4) is 0 Å². The zero-order valence-electron chi connectivity index (χ0n) is 17.3. The minimum absolute atomic E-state index is 0.0429. The molecular weight excluding hydrogens is 402 g/mol. The van der Waals surface area contributed by atoms with Gasteiger partial charge in [-0.3, -0.25) is 9.78 Å².